The minimum atomic E-state index is -4.64. The van der Waals surface area contributed by atoms with Crippen molar-refractivity contribution < 1.29 is 27.8 Å². The van der Waals surface area contributed by atoms with E-state index in [0.717, 1.165) is 17.1 Å². The highest BCUT2D eigenvalue weighted by molar-refractivity contribution is 6.33. The molecule has 2 aromatic carbocycles. The van der Waals surface area contributed by atoms with Gasteiger partial charge >= 0.3 is 6.18 Å². The fraction of sp³-hybridized carbons (Fsp3) is 0.318. The van der Waals surface area contributed by atoms with Crippen LogP contribution in [0.4, 0.5) is 24.5 Å². The average Bonchev–Trinajstić information content (AvgIpc) is 2.71. The molecule has 12 heteroatoms. The highest BCUT2D eigenvalue weighted by atomic mass is 35.5. The summed E-state index contributed by atoms with van der Waals surface area (Å²) in [6.07, 6.45) is -3.76. The lowest BCUT2D eigenvalue weighted by Gasteiger charge is -2.36. The first-order valence-electron chi connectivity index (χ1n) is 10.2. The highest BCUT2D eigenvalue weighted by Crippen LogP contribution is 2.39. The maximum absolute atomic E-state index is 13.6. The molecule has 0 bridgehead atoms. The fourth-order valence-electron chi connectivity index (χ4n) is 3.55. The zero-order valence-corrected chi connectivity index (χ0v) is 19.2. The van der Waals surface area contributed by atoms with Gasteiger partial charge < -0.3 is 20.9 Å². The first-order chi connectivity index (χ1) is 15.9. The van der Waals surface area contributed by atoms with Crippen LogP contribution < -0.4 is 26.6 Å². The van der Waals surface area contributed by atoms with Crippen LogP contribution in [0, 0.1) is 0 Å². The van der Waals surface area contributed by atoms with E-state index in [9.17, 15) is 23.1 Å². The molecule has 0 radical (unpaired) electrons. The summed E-state index contributed by atoms with van der Waals surface area (Å²) in [5.74, 6) is 5.32. The molecule has 0 atom stereocenters. The number of methoxy groups -OCH3 is 1. The quantitative estimate of drug-likeness (QED) is 0.341. The molecule has 1 amide bonds. The molecule has 8 nitrogen and oxygen atoms in total. The summed E-state index contributed by atoms with van der Waals surface area (Å²) in [7, 11) is 1.31. The molecule has 0 aliphatic carbocycles. The second-order valence-corrected chi connectivity index (χ2v) is 8.37. The van der Waals surface area contributed by atoms with E-state index in [1.807, 2.05) is 0 Å². The lowest BCUT2D eigenvalue weighted by atomic mass is 10.0. The predicted molar refractivity (Wildman–Crippen MR) is 123 cm³/mol. The van der Waals surface area contributed by atoms with E-state index in [1.54, 1.807) is 11.8 Å². The number of nitrogens with one attached hydrogen (secondary N) is 1. The number of aliphatic hydroxyl groups is 1. The zero-order chi connectivity index (χ0) is 25.2. The SMILES string of the molecule is COc1c(CN2CC(O)C2)cc(C(F)(F)F)cc1NC(=O)c1ccc(Cl)c(N(N)/C=C(/C)N)c1. The van der Waals surface area contributed by atoms with E-state index in [4.69, 9.17) is 27.9 Å². The number of alkyl halides is 3. The number of likely N-dealkylation sites (tertiary alicyclic amines) is 1. The van der Waals surface area contributed by atoms with Gasteiger partial charge in [-0.2, -0.15) is 13.2 Å². The summed E-state index contributed by atoms with van der Waals surface area (Å²) < 4.78 is 46.1. The number of benzene rings is 2. The van der Waals surface area contributed by atoms with E-state index in [0.29, 0.717) is 18.8 Å². The molecular formula is C22H25ClF3N5O3. The van der Waals surface area contributed by atoms with Crippen molar-refractivity contribution in [3.8, 4) is 5.75 Å². The van der Waals surface area contributed by atoms with Crippen LogP contribution in [0.15, 0.2) is 42.2 Å². The second kappa shape index (κ2) is 10.1. The molecule has 34 heavy (non-hydrogen) atoms. The van der Waals surface area contributed by atoms with Gasteiger partial charge in [-0.3, -0.25) is 14.7 Å². The Morgan fingerprint density at radius 1 is 1.35 bits per heavy atom. The van der Waals surface area contributed by atoms with Crippen LogP contribution in [0.1, 0.15) is 28.4 Å². The molecule has 0 unspecified atom stereocenters. The summed E-state index contributed by atoms with van der Waals surface area (Å²) >= 11 is 6.17. The van der Waals surface area contributed by atoms with Gasteiger partial charge in [0.25, 0.3) is 5.91 Å². The zero-order valence-electron chi connectivity index (χ0n) is 18.5. The number of halogens is 4. The highest BCUT2D eigenvalue weighted by Gasteiger charge is 2.34. The number of carbonyl (C=O) groups excluding carboxylic acids is 1. The Morgan fingerprint density at radius 2 is 2.03 bits per heavy atom. The molecule has 0 aromatic heterocycles. The third-order valence-electron chi connectivity index (χ3n) is 5.11. The molecule has 3 rings (SSSR count). The van der Waals surface area contributed by atoms with E-state index < -0.39 is 23.8 Å². The molecule has 1 heterocycles. The van der Waals surface area contributed by atoms with Crippen LogP contribution in [0.25, 0.3) is 0 Å². The number of nitrogens with two attached hydrogens (primary N) is 2. The smallest absolute Gasteiger partial charge is 0.416 e. The third kappa shape index (κ3) is 5.92. The Morgan fingerprint density at radius 3 is 2.59 bits per heavy atom. The maximum Gasteiger partial charge on any atom is 0.416 e. The Kier molecular flexibility index (Phi) is 7.61. The van der Waals surface area contributed by atoms with Gasteiger partial charge in [0.2, 0.25) is 0 Å². The van der Waals surface area contributed by atoms with Crippen LogP contribution in [-0.4, -0.2) is 42.2 Å². The molecule has 6 N–H and O–H groups in total. The van der Waals surface area contributed by atoms with Gasteiger partial charge in [-0.15, -0.1) is 0 Å². The largest absolute Gasteiger partial charge is 0.494 e. The molecule has 1 aliphatic rings. The van der Waals surface area contributed by atoms with Crippen molar-refractivity contribution in [1.29, 1.82) is 0 Å². The monoisotopic (exact) mass is 499 g/mol. The Bertz CT molecular complexity index is 1100. The number of nitrogens with zero attached hydrogens (tertiary/aromatic N) is 2. The van der Waals surface area contributed by atoms with Gasteiger partial charge in [-0.1, -0.05) is 11.6 Å². The number of allylic oxidation sites excluding steroid dienone is 1. The van der Waals surface area contributed by atoms with Crippen LogP contribution >= 0.6 is 11.6 Å². The Hall–Kier alpha value is -2.99. The van der Waals surface area contributed by atoms with Gasteiger partial charge in [-0.05, 0) is 37.3 Å². The van der Waals surface area contributed by atoms with Gasteiger partial charge in [0, 0.05) is 42.7 Å². The topological polar surface area (TPSA) is 117 Å². The first kappa shape index (κ1) is 25.6. The molecular weight excluding hydrogens is 475 g/mol. The minimum Gasteiger partial charge on any atom is -0.494 e. The average molecular weight is 500 g/mol. The maximum atomic E-state index is 13.6. The molecule has 184 valence electrons. The Balaban J connectivity index is 1.96. The summed E-state index contributed by atoms with van der Waals surface area (Å²) in [5, 5.41) is 13.4. The molecule has 1 aliphatic heterocycles. The van der Waals surface area contributed by atoms with Crippen molar-refractivity contribution in [2.45, 2.75) is 25.7 Å². The second-order valence-electron chi connectivity index (χ2n) is 7.96. The van der Waals surface area contributed by atoms with Gasteiger partial charge in [-0.25, -0.2) is 5.84 Å². The van der Waals surface area contributed by atoms with Crippen molar-refractivity contribution in [3.63, 3.8) is 0 Å². The molecule has 2 aromatic rings. The normalized spacial score (nSPS) is 15.1. The molecule has 0 saturated carbocycles. The number of hydrogen-bond donors (Lipinski definition) is 4. The number of hydrogen-bond acceptors (Lipinski definition) is 7. The summed E-state index contributed by atoms with van der Waals surface area (Å²) in [6, 6.07) is 6.04. The number of hydrazine groups is 1. The first-order valence-corrected chi connectivity index (χ1v) is 10.5. The van der Waals surface area contributed by atoms with Crippen molar-refractivity contribution >= 4 is 28.9 Å². The summed E-state index contributed by atoms with van der Waals surface area (Å²) in [6.45, 7) is 2.40. The Labute approximate surface area is 199 Å². The van der Waals surface area contributed by atoms with Crippen molar-refractivity contribution in [3.05, 3.63) is 63.9 Å². The lowest BCUT2D eigenvalue weighted by molar-refractivity contribution is -0.137. The number of β-amino-alcohol motifs (C(OH)–C–C–N with tert-alkyl or cyclic N) is 1. The number of aliphatic hydroxyl groups excluding tert-OH is 1. The molecule has 1 saturated heterocycles. The molecule has 0 spiro atoms. The van der Waals surface area contributed by atoms with Crippen LogP contribution in [0.3, 0.4) is 0 Å². The van der Waals surface area contributed by atoms with Crippen LogP contribution in [0.2, 0.25) is 5.02 Å². The van der Waals surface area contributed by atoms with Crippen molar-refractivity contribution in [1.82, 2.24) is 4.90 Å². The number of amides is 1. The van der Waals surface area contributed by atoms with Crippen molar-refractivity contribution in [2.24, 2.45) is 11.6 Å². The van der Waals surface area contributed by atoms with Crippen LogP contribution in [0.5, 0.6) is 5.75 Å². The van der Waals surface area contributed by atoms with E-state index >= 15 is 0 Å². The number of ether oxygens (including phenoxy) is 1. The number of anilines is 2. The van der Waals surface area contributed by atoms with Crippen LogP contribution in [-0.2, 0) is 12.7 Å². The van der Waals surface area contributed by atoms with Gasteiger partial charge in [0.15, 0.2) is 0 Å². The fourth-order valence-corrected chi connectivity index (χ4v) is 3.77. The minimum absolute atomic E-state index is 0.0964. The number of rotatable bonds is 7. The number of carbonyl (C=O) groups is 1. The third-order valence-corrected chi connectivity index (χ3v) is 5.43. The molecule has 1 fully saturated rings. The van der Waals surface area contributed by atoms with Crippen molar-refractivity contribution in [2.75, 3.05) is 30.5 Å². The van der Waals surface area contributed by atoms with E-state index in [-0.39, 0.29) is 39.8 Å². The van der Waals surface area contributed by atoms with Gasteiger partial charge in [0.1, 0.15) is 5.75 Å². The summed E-state index contributed by atoms with van der Waals surface area (Å²) in [4.78, 5) is 14.7. The predicted octanol–water partition coefficient (Wildman–Crippen LogP) is 3.30. The standard InChI is InChI=1S/C22H25ClF3N5O3/c1-12(27)8-31(28)19-6-13(3-4-17(19)23)21(33)29-18-7-15(22(24,25)26)5-14(20(18)34-2)9-30-10-16(32)11-30/h3-8,16,32H,9-11,27-28H2,1-2H3,(H,29,33)/b12-8-. The van der Waals surface area contributed by atoms with E-state index in [1.165, 1.54) is 31.5 Å². The van der Waals surface area contributed by atoms with Gasteiger partial charge in [0.05, 0.1) is 35.2 Å². The summed E-state index contributed by atoms with van der Waals surface area (Å²) in [5.41, 5.74) is 5.54. The lowest BCUT2D eigenvalue weighted by Crippen LogP contribution is -2.49. The van der Waals surface area contributed by atoms with E-state index in [2.05, 4.69) is 5.32 Å².